The Morgan fingerprint density at radius 3 is 2.95 bits per heavy atom. The molecule has 1 aromatic rings. The van der Waals surface area contributed by atoms with E-state index in [4.69, 9.17) is 4.42 Å². The molecule has 3 atom stereocenters. The van der Waals surface area contributed by atoms with E-state index in [9.17, 15) is 0 Å². The van der Waals surface area contributed by atoms with Gasteiger partial charge < -0.3 is 15.1 Å². The van der Waals surface area contributed by atoms with Gasteiger partial charge in [0, 0.05) is 24.5 Å². The van der Waals surface area contributed by atoms with Crippen molar-refractivity contribution >= 4 is 0 Å². The zero-order valence-electron chi connectivity index (χ0n) is 12.3. The molecule has 0 bridgehead atoms. The zero-order valence-corrected chi connectivity index (χ0v) is 12.3. The molecule has 2 heterocycles. The van der Waals surface area contributed by atoms with Crippen LogP contribution in [0.4, 0.5) is 0 Å². The van der Waals surface area contributed by atoms with Gasteiger partial charge in [0.15, 0.2) is 0 Å². The van der Waals surface area contributed by atoms with Crippen molar-refractivity contribution in [2.45, 2.75) is 70.5 Å². The van der Waals surface area contributed by atoms with Gasteiger partial charge in [-0.15, -0.1) is 0 Å². The second kappa shape index (κ2) is 7.71. The maximum atomic E-state index is 5.37. The van der Waals surface area contributed by atoms with E-state index in [1.54, 1.807) is 6.26 Å². The smallest absolute Gasteiger partial charge is 0.103 e. The second-order valence-corrected chi connectivity index (χ2v) is 5.97. The van der Waals surface area contributed by atoms with E-state index in [1.807, 2.05) is 6.07 Å². The molecule has 3 heteroatoms. The average molecular weight is 264 g/mol. The molecule has 3 nitrogen and oxygen atoms in total. The molecule has 2 rings (SSSR count). The topological polar surface area (TPSA) is 37.2 Å². The number of piperidine rings is 1. The fourth-order valence-electron chi connectivity index (χ4n) is 3.00. The first-order valence-electron chi connectivity index (χ1n) is 7.76. The van der Waals surface area contributed by atoms with E-state index in [0.29, 0.717) is 18.1 Å². The van der Waals surface area contributed by atoms with E-state index in [-0.39, 0.29) is 0 Å². The summed E-state index contributed by atoms with van der Waals surface area (Å²) in [5.41, 5.74) is 0. The van der Waals surface area contributed by atoms with Gasteiger partial charge in [0.05, 0.1) is 6.26 Å². The lowest BCUT2D eigenvalue weighted by molar-refractivity contribution is 0.327. The van der Waals surface area contributed by atoms with Crippen LogP contribution >= 0.6 is 0 Å². The third kappa shape index (κ3) is 5.37. The molecule has 19 heavy (non-hydrogen) atoms. The van der Waals surface area contributed by atoms with Crippen molar-refractivity contribution in [2.24, 2.45) is 0 Å². The van der Waals surface area contributed by atoms with Crippen LogP contribution in [-0.2, 0) is 6.42 Å². The zero-order chi connectivity index (χ0) is 13.5. The predicted octanol–water partition coefficient (Wildman–Crippen LogP) is 3.11. The van der Waals surface area contributed by atoms with Gasteiger partial charge in [-0.05, 0) is 58.2 Å². The molecule has 1 fully saturated rings. The maximum absolute atomic E-state index is 5.37. The standard InChI is InChI=1S/C16H28N2O/c1-13(8-9-16-7-5-11-19-16)18-14(2)12-15-6-3-4-10-17-15/h5,7,11,13-15,17-18H,3-4,6,8-10,12H2,1-2H3. The maximum Gasteiger partial charge on any atom is 0.103 e. The van der Waals surface area contributed by atoms with Crippen molar-refractivity contribution in [3.63, 3.8) is 0 Å². The fraction of sp³-hybridized carbons (Fsp3) is 0.750. The highest BCUT2D eigenvalue weighted by molar-refractivity contribution is 4.98. The molecule has 1 aromatic heterocycles. The molecule has 3 unspecified atom stereocenters. The molecule has 2 N–H and O–H groups in total. The minimum atomic E-state index is 0.545. The number of rotatable bonds is 7. The summed E-state index contributed by atoms with van der Waals surface area (Å²) >= 11 is 0. The van der Waals surface area contributed by atoms with Crippen LogP contribution in [0.15, 0.2) is 22.8 Å². The van der Waals surface area contributed by atoms with Crippen LogP contribution in [0.25, 0.3) is 0 Å². The molecule has 0 spiro atoms. The van der Waals surface area contributed by atoms with E-state index < -0.39 is 0 Å². The Labute approximate surface area is 117 Å². The Balaban J connectivity index is 1.62. The first kappa shape index (κ1) is 14.6. The third-order valence-electron chi connectivity index (χ3n) is 4.02. The lowest BCUT2D eigenvalue weighted by Gasteiger charge is -2.28. The van der Waals surface area contributed by atoms with Crippen LogP contribution in [0, 0.1) is 0 Å². The Bertz CT molecular complexity index is 331. The first-order valence-corrected chi connectivity index (χ1v) is 7.76. The lowest BCUT2D eigenvalue weighted by Crippen LogP contribution is -2.42. The average Bonchev–Trinajstić information content (AvgIpc) is 2.90. The fourth-order valence-corrected chi connectivity index (χ4v) is 3.00. The third-order valence-corrected chi connectivity index (χ3v) is 4.02. The number of hydrogen-bond acceptors (Lipinski definition) is 3. The summed E-state index contributed by atoms with van der Waals surface area (Å²) in [5.74, 6) is 1.09. The van der Waals surface area contributed by atoms with Gasteiger partial charge in [-0.2, -0.15) is 0 Å². The van der Waals surface area contributed by atoms with Crippen molar-refractivity contribution < 1.29 is 4.42 Å². The first-order chi connectivity index (χ1) is 9.24. The Hall–Kier alpha value is -0.800. The molecule has 0 saturated carbocycles. The predicted molar refractivity (Wildman–Crippen MR) is 79.3 cm³/mol. The van der Waals surface area contributed by atoms with Gasteiger partial charge >= 0.3 is 0 Å². The van der Waals surface area contributed by atoms with Gasteiger partial charge in [-0.25, -0.2) is 0 Å². The van der Waals surface area contributed by atoms with Crippen LogP contribution in [0.3, 0.4) is 0 Å². The summed E-state index contributed by atoms with van der Waals surface area (Å²) < 4.78 is 5.37. The van der Waals surface area contributed by atoms with E-state index in [2.05, 4.69) is 30.5 Å². The van der Waals surface area contributed by atoms with E-state index >= 15 is 0 Å². The summed E-state index contributed by atoms with van der Waals surface area (Å²) in [7, 11) is 0. The van der Waals surface area contributed by atoms with Crippen LogP contribution in [0.2, 0.25) is 0 Å². The molecular weight excluding hydrogens is 236 g/mol. The van der Waals surface area contributed by atoms with Crippen molar-refractivity contribution in [1.29, 1.82) is 0 Å². The van der Waals surface area contributed by atoms with Crippen LogP contribution in [-0.4, -0.2) is 24.7 Å². The summed E-state index contributed by atoms with van der Waals surface area (Å²) in [5, 5.41) is 7.33. The Morgan fingerprint density at radius 1 is 1.37 bits per heavy atom. The summed E-state index contributed by atoms with van der Waals surface area (Å²) in [6.45, 7) is 5.78. The minimum Gasteiger partial charge on any atom is -0.469 e. The second-order valence-electron chi connectivity index (χ2n) is 5.97. The highest BCUT2D eigenvalue weighted by atomic mass is 16.3. The summed E-state index contributed by atoms with van der Waals surface area (Å²) in [4.78, 5) is 0. The number of aryl methyl sites for hydroxylation is 1. The number of furan rings is 1. The van der Waals surface area contributed by atoms with Gasteiger partial charge in [0.2, 0.25) is 0 Å². The van der Waals surface area contributed by atoms with E-state index in [0.717, 1.165) is 18.6 Å². The number of hydrogen-bond donors (Lipinski definition) is 2. The van der Waals surface area contributed by atoms with Crippen LogP contribution < -0.4 is 10.6 Å². The highest BCUT2D eigenvalue weighted by Crippen LogP contribution is 2.13. The molecule has 1 aliphatic heterocycles. The molecule has 0 radical (unpaired) electrons. The molecular formula is C16H28N2O. The SMILES string of the molecule is CC(CCc1ccco1)NC(C)CC1CCCCN1. The highest BCUT2D eigenvalue weighted by Gasteiger charge is 2.16. The summed E-state index contributed by atoms with van der Waals surface area (Å²) in [6, 6.07) is 5.87. The minimum absolute atomic E-state index is 0.545. The lowest BCUT2D eigenvalue weighted by atomic mass is 9.98. The summed E-state index contributed by atoms with van der Waals surface area (Å²) in [6.07, 6.45) is 9.23. The van der Waals surface area contributed by atoms with Crippen molar-refractivity contribution in [3.8, 4) is 0 Å². The van der Waals surface area contributed by atoms with Gasteiger partial charge in [0.25, 0.3) is 0 Å². The van der Waals surface area contributed by atoms with Crippen LogP contribution in [0.1, 0.15) is 51.7 Å². The molecule has 108 valence electrons. The van der Waals surface area contributed by atoms with Gasteiger partial charge in [-0.3, -0.25) is 0 Å². The normalized spacial score (nSPS) is 23.2. The Kier molecular flexibility index (Phi) is 5.93. The van der Waals surface area contributed by atoms with Crippen molar-refractivity contribution in [3.05, 3.63) is 24.2 Å². The molecule has 1 aliphatic rings. The van der Waals surface area contributed by atoms with Gasteiger partial charge in [0.1, 0.15) is 5.76 Å². The molecule has 0 amide bonds. The molecule has 0 aromatic carbocycles. The van der Waals surface area contributed by atoms with E-state index in [1.165, 1.54) is 32.2 Å². The van der Waals surface area contributed by atoms with Crippen LogP contribution in [0.5, 0.6) is 0 Å². The quantitative estimate of drug-likeness (QED) is 0.794. The van der Waals surface area contributed by atoms with Gasteiger partial charge in [-0.1, -0.05) is 6.42 Å². The van der Waals surface area contributed by atoms with Crippen molar-refractivity contribution in [2.75, 3.05) is 6.54 Å². The monoisotopic (exact) mass is 264 g/mol. The van der Waals surface area contributed by atoms with Crippen molar-refractivity contribution in [1.82, 2.24) is 10.6 Å². The molecule has 1 saturated heterocycles. The molecule has 0 aliphatic carbocycles. The Morgan fingerprint density at radius 2 is 2.26 bits per heavy atom. The number of nitrogens with one attached hydrogen (secondary N) is 2. The largest absolute Gasteiger partial charge is 0.469 e.